The Balaban J connectivity index is 1.83. The molecule has 3 rings (SSSR count). The van der Waals surface area contributed by atoms with Crippen molar-refractivity contribution in [3.8, 4) is 0 Å². The molecule has 0 saturated carbocycles. The van der Waals surface area contributed by atoms with E-state index in [-0.39, 0.29) is 11.3 Å². The number of cyclic esters (lactones) is 1. The molecule has 0 bridgehead atoms. The number of hydrogen-bond donors (Lipinski definition) is 2. The van der Waals surface area contributed by atoms with E-state index in [1.54, 1.807) is 6.20 Å². The Morgan fingerprint density at radius 2 is 2.37 bits per heavy atom. The molecule has 98 valence electrons. The minimum absolute atomic E-state index is 0.0659. The SMILES string of the molecule is O=C1O[C@@H](Cc2ccccn2)C(O)=C1C1=NCCN1. The molecule has 3 heterocycles. The van der Waals surface area contributed by atoms with Gasteiger partial charge >= 0.3 is 5.97 Å². The molecule has 0 saturated heterocycles. The number of esters is 1. The van der Waals surface area contributed by atoms with Crippen LogP contribution in [0.1, 0.15) is 5.69 Å². The second-order valence-electron chi connectivity index (χ2n) is 4.34. The summed E-state index contributed by atoms with van der Waals surface area (Å²) in [6.07, 6.45) is 1.34. The third-order valence-electron chi connectivity index (χ3n) is 3.05. The smallest absolute Gasteiger partial charge is 0.346 e. The maximum Gasteiger partial charge on any atom is 0.346 e. The highest BCUT2D eigenvalue weighted by atomic mass is 16.6. The normalized spacial score (nSPS) is 22.2. The number of amidine groups is 1. The lowest BCUT2D eigenvalue weighted by Gasteiger charge is -2.08. The third kappa shape index (κ3) is 2.16. The minimum Gasteiger partial charge on any atom is -0.507 e. The van der Waals surface area contributed by atoms with Crippen LogP contribution in [0, 0.1) is 0 Å². The highest BCUT2D eigenvalue weighted by Gasteiger charge is 2.37. The lowest BCUT2D eigenvalue weighted by Crippen LogP contribution is -2.24. The van der Waals surface area contributed by atoms with Crippen LogP contribution >= 0.6 is 0 Å². The van der Waals surface area contributed by atoms with E-state index in [0.717, 1.165) is 5.69 Å². The zero-order valence-electron chi connectivity index (χ0n) is 10.2. The number of aliphatic hydroxyl groups is 1. The Morgan fingerprint density at radius 3 is 3.05 bits per heavy atom. The predicted octanol–water partition coefficient (Wildman–Crippen LogP) is 0.363. The van der Waals surface area contributed by atoms with E-state index in [2.05, 4.69) is 15.3 Å². The van der Waals surface area contributed by atoms with E-state index >= 15 is 0 Å². The van der Waals surface area contributed by atoms with E-state index in [4.69, 9.17) is 4.74 Å². The van der Waals surface area contributed by atoms with Gasteiger partial charge in [-0.2, -0.15) is 0 Å². The van der Waals surface area contributed by atoms with Crippen molar-refractivity contribution in [2.24, 2.45) is 4.99 Å². The van der Waals surface area contributed by atoms with E-state index < -0.39 is 12.1 Å². The van der Waals surface area contributed by atoms with Crippen LogP contribution in [0.25, 0.3) is 0 Å². The van der Waals surface area contributed by atoms with Gasteiger partial charge in [-0.25, -0.2) is 4.79 Å². The number of aliphatic imine (C=N–C) groups is 1. The largest absolute Gasteiger partial charge is 0.507 e. The first-order chi connectivity index (χ1) is 9.25. The predicted molar refractivity (Wildman–Crippen MR) is 67.8 cm³/mol. The van der Waals surface area contributed by atoms with E-state index in [0.29, 0.717) is 25.3 Å². The van der Waals surface area contributed by atoms with Crippen LogP contribution in [0.3, 0.4) is 0 Å². The molecule has 19 heavy (non-hydrogen) atoms. The van der Waals surface area contributed by atoms with E-state index in [1.807, 2.05) is 18.2 Å². The number of carbonyl (C=O) groups is 1. The highest BCUT2D eigenvalue weighted by molar-refractivity contribution is 6.20. The highest BCUT2D eigenvalue weighted by Crippen LogP contribution is 2.24. The van der Waals surface area contributed by atoms with Gasteiger partial charge in [0.05, 0.1) is 6.54 Å². The van der Waals surface area contributed by atoms with Crippen molar-refractivity contribution < 1.29 is 14.6 Å². The van der Waals surface area contributed by atoms with Gasteiger partial charge in [0.15, 0.2) is 11.9 Å². The second-order valence-corrected chi connectivity index (χ2v) is 4.34. The number of aliphatic hydroxyl groups excluding tert-OH is 1. The number of nitrogens with zero attached hydrogens (tertiary/aromatic N) is 2. The lowest BCUT2D eigenvalue weighted by molar-refractivity contribution is -0.139. The summed E-state index contributed by atoms with van der Waals surface area (Å²) in [5, 5.41) is 13.1. The van der Waals surface area contributed by atoms with Crippen LogP contribution in [-0.4, -0.2) is 41.1 Å². The first-order valence-corrected chi connectivity index (χ1v) is 6.08. The van der Waals surface area contributed by atoms with Crippen molar-refractivity contribution in [3.63, 3.8) is 0 Å². The zero-order valence-corrected chi connectivity index (χ0v) is 10.2. The average Bonchev–Trinajstić information content (AvgIpc) is 3.01. The van der Waals surface area contributed by atoms with Crippen LogP contribution in [0.2, 0.25) is 0 Å². The molecule has 2 N–H and O–H groups in total. The summed E-state index contributed by atoms with van der Waals surface area (Å²) < 4.78 is 5.18. The average molecular weight is 259 g/mol. The first-order valence-electron chi connectivity index (χ1n) is 6.08. The van der Waals surface area contributed by atoms with Crippen molar-refractivity contribution >= 4 is 11.8 Å². The maximum absolute atomic E-state index is 11.8. The Bertz CT molecular complexity index is 566. The van der Waals surface area contributed by atoms with Crippen molar-refractivity contribution in [1.82, 2.24) is 10.3 Å². The molecule has 6 nitrogen and oxygen atoms in total. The number of nitrogens with one attached hydrogen (secondary N) is 1. The summed E-state index contributed by atoms with van der Waals surface area (Å²) in [4.78, 5) is 20.1. The van der Waals surface area contributed by atoms with Gasteiger partial charge in [-0.3, -0.25) is 9.98 Å². The van der Waals surface area contributed by atoms with Gasteiger partial charge in [-0.15, -0.1) is 0 Å². The number of hydrogen-bond acceptors (Lipinski definition) is 6. The summed E-state index contributed by atoms with van der Waals surface area (Å²) in [5.74, 6) is -0.179. The van der Waals surface area contributed by atoms with Crippen LogP contribution < -0.4 is 5.32 Å². The van der Waals surface area contributed by atoms with Gasteiger partial charge < -0.3 is 15.2 Å². The fourth-order valence-corrected chi connectivity index (χ4v) is 2.14. The monoisotopic (exact) mass is 259 g/mol. The summed E-state index contributed by atoms with van der Waals surface area (Å²) in [6, 6.07) is 5.48. The molecule has 0 fully saturated rings. The number of pyridine rings is 1. The molecule has 0 unspecified atom stereocenters. The number of ether oxygens (including phenoxy) is 1. The second kappa shape index (κ2) is 4.72. The van der Waals surface area contributed by atoms with Gasteiger partial charge in [-0.1, -0.05) is 6.07 Å². The van der Waals surface area contributed by atoms with Crippen LogP contribution in [-0.2, 0) is 16.0 Å². The number of carbonyl (C=O) groups excluding carboxylic acids is 1. The molecule has 0 amide bonds. The van der Waals surface area contributed by atoms with Gasteiger partial charge in [0.1, 0.15) is 11.4 Å². The molecule has 2 aliphatic rings. The molecule has 0 spiro atoms. The molecule has 2 aliphatic heterocycles. The molecule has 0 radical (unpaired) electrons. The van der Waals surface area contributed by atoms with Gasteiger partial charge in [0, 0.05) is 24.9 Å². The van der Waals surface area contributed by atoms with E-state index in [9.17, 15) is 9.90 Å². The van der Waals surface area contributed by atoms with Gasteiger partial charge in [0.2, 0.25) is 0 Å². The van der Waals surface area contributed by atoms with Gasteiger partial charge in [0.25, 0.3) is 0 Å². The summed E-state index contributed by atoms with van der Waals surface area (Å²) in [7, 11) is 0. The van der Waals surface area contributed by atoms with Crippen molar-refractivity contribution in [2.75, 3.05) is 13.1 Å². The summed E-state index contributed by atoms with van der Waals surface area (Å²) in [6.45, 7) is 1.27. The third-order valence-corrected chi connectivity index (χ3v) is 3.05. The Morgan fingerprint density at radius 1 is 1.47 bits per heavy atom. The topological polar surface area (TPSA) is 83.8 Å². The molecule has 1 aromatic heterocycles. The summed E-state index contributed by atoms with van der Waals surface area (Å²) in [5.41, 5.74) is 0.910. The fourth-order valence-electron chi connectivity index (χ4n) is 2.14. The van der Waals surface area contributed by atoms with Crippen LogP contribution in [0.4, 0.5) is 0 Å². The maximum atomic E-state index is 11.8. The molecule has 1 aromatic rings. The molecule has 6 heteroatoms. The quantitative estimate of drug-likeness (QED) is 0.766. The van der Waals surface area contributed by atoms with Crippen LogP contribution in [0.5, 0.6) is 0 Å². The molecular weight excluding hydrogens is 246 g/mol. The van der Waals surface area contributed by atoms with Crippen molar-refractivity contribution in [1.29, 1.82) is 0 Å². The first kappa shape index (κ1) is 11.7. The molecule has 1 atom stereocenters. The Hall–Kier alpha value is -2.37. The molecule has 0 aliphatic carbocycles. The lowest BCUT2D eigenvalue weighted by atomic mass is 10.1. The number of rotatable bonds is 3. The van der Waals surface area contributed by atoms with E-state index in [1.165, 1.54) is 0 Å². The minimum atomic E-state index is -0.678. The van der Waals surface area contributed by atoms with Crippen molar-refractivity contribution in [2.45, 2.75) is 12.5 Å². The Labute approximate surface area is 109 Å². The Kier molecular flexibility index (Phi) is 2.91. The van der Waals surface area contributed by atoms with Crippen LogP contribution in [0.15, 0.2) is 40.7 Å². The standard InChI is InChI=1S/C13H13N3O3/c17-11-9(7-8-3-1-2-4-14-8)19-13(18)10(11)12-15-5-6-16-12/h1-4,9,17H,5-7H2,(H,15,16)/t9-/m0/s1. The molecular formula is C13H13N3O3. The van der Waals surface area contributed by atoms with Crippen molar-refractivity contribution in [3.05, 3.63) is 41.4 Å². The summed E-state index contributed by atoms with van der Waals surface area (Å²) >= 11 is 0. The molecule has 0 aromatic carbocycles. The zero-order chi connectivity index (χ0) is 13.2. The van der Waals surface area contributed by atoms with Gasteiger partial charge in [-0.05, 0) is 12.1 Å². The fraction of sp³-hybridized carbons (Fsp3) is 0.308. The number of aromatic nitrogens is 1.